The summed E-state index contributed by atoms with van der Waals surface area (Å²) in [5, 5.41) is 11.1. The Morgan fingerprint density at radius 3 is 3.00 bits per heavy atom. The minimum Gasteiger partial charge on any atom is -0.407 e. The Labute approximate surface area is 122 Å². The molecule has 21 heavy (non-hydrogen) atoms. The second kappa shape index (κ2) is 7.70. The first-order valence-corrected chi connectivity index (χ1v) is 6.66. The molecule has 0 unspecified atom stereocenters. The molecular formula is C14H19FN4O2. The minimum absolute atomic E-state index is 0.255. The summed E-state index contributed by atoms with van der Waals surface area (Å²) in [5.74, 6) is 0.252. The molecule has 0 saturated heterocycles. The number of rotatable bonds is 8. The molecule has 1 aromatic carbocycles. The lowest BCUT2D eigenvalue weighted by Gasteiger charge is -2.13. The van der Waals surface area contributed by atoms with Gasteiger partial charge < -0.3 is 19.4 Å². The maximum absolute atomic E-state index is 13.1. The van der Waals surface area contributed by atoms with E-state index in [1.807, 2.05) is 13.1 Å². The maximum atomic E-state index is 13.1. The van der Waals surface area contributed by atoms with Crippen LogP contribution in [0.3, 0.4) is 0 Å². The van der Waals surface area contributed by atoms with Crippen molar-refractivity contribution in [3.8, 4) is 0 Å². The molecule has 1 aromatic heterocycles. The van der Waals surface area contributed by atoms with Crippen molar-refractivity contribution in [3.63, 3.8) is 0 Å². The van der Waals surface area contributed by atoms with E-state index in [1.54, 1.807) is 18.1 Å². The molecule has 0 saturated carbocycles. The molecule has 114 valence electrons. The van der Waals surface area contributed by atoms with Gasteiger partial charge in [-0.3, -0.25) is 0 Å². The van der Waals surface area contributed by atoms with E-state index in [0.29, 0.717) is 38.1 Å². The smallest absolute Gasteiger partial charge is 0.318 e. The van der Waals surface area contributed by atoms with Crippen LogP contribution in [-0.4, -0.2) is 37.5 Å². The molecule has 0 aliphatic rings. The van der Waals surface area contributed by atoms with Crippen LogP contribution in [0.1, 0.15) is 11.5 Å². The Morgan fingerprint density at radius 2 is 2.24 bits per heavy atom. The monoisotopic (exact) mass is 294 g/mol. The van der Waals surface area contributed by atoms with Crippen molar-refractivity contribution in [2.45, 2.75) is 13.1 Å². The predicted molar refractivity (Wildman–Crippen MR) is 76.4 cm³/mol. The zero-order valence-electron chi connectivity index (χ0n) is 12.2. The lowest BCUT2D eigenvalue weighted by Crippen LogP contribution is -2.18. The molecule has 0 amide bonds. The number of anilines is 1. The van der Waals surface area contributed by atoms with Crippen molar-refractivity contribution in [1.82, 2.24) is 15.5 Å². The molecule has 0 spiro atoms. The normalized spacial score (nSPS) is 10.8. The lowest BCUT2D eigenvalue weighted by molar-refractivity contribution is 0.198. The maximum Gasteiger partial charge on any atom is 0.318 e. The number of aromatic nitrogens is 2. The van der Waals surface area contributed by atoms with Crippen LogP contribution in [-0.2, 0) is 17.8 Å². The van der Waals surface area contributed by atoms with Crippen molar-refractivity contribution in [3.05, 3.63) is 41.5 Å². The molecular weight excluding hydrogens is 275 g/mol. The van der Waals surface area contributed by atoms with Gasteiger partial charge in [0, 0.05) is 27.2 Å². The van der Waals surface area contributed by atoms with Gasteiger partial charge in [-0.05, 0) is 17.7 Å². The summed E-state index contributed by atoms with van der Waals surface area (Å²) in [6.45, 7) is 2.33. The molecule has 1 heterocycles. The van der Waals surface area contributed by atoms with Crippen molar-refractivity contribution < 1.29 is 13.5 Å². The van der Waals surface area contributed by atoms with Crippen molar-refractivity contribution >= 4 is 6.01 Å². The van der Waals surface area contributed by atoms with E-state index in [1.165, 1.54) is 12.1 Å². The predicted octanol–water partition coefficient (Wildman–Crippen LogP) is 1.58. The number of nitrogens with one attached hydrogen (secondary N) is 1. The summed E-state index contributed by atoms with van der Waals surface area (Å²) in [6.07, 6.45) is 0. The summed E-state index contributed by atoms with van der Waals surface area (Å²) in [4.78, 5) is 1.78. The van der Waals surface area contributed by atoms with Crippen LogP contribution in [0.5, 0.6) is 0 Å². The van der Waals surface area contributed by atoms with Gasteiger partial charge in [-0.2, -0.15) is 0 Å². The Morgan fingerprint density at radius 1 is 1.38 bits per heavy atom. The molecule has 0 fully saturated rings. The molecule has 6 nitrogen and oxygen atoms in total. The van der Waals surface area contributed by atoms with Crippen molar-refractivity contribution in [2.75, 3.05) is 32.2 Å². The van der Waals surface area contributed by atoms with E-state index < -0.39 is 0 Å². The van der Waals surface area contributed by atoms with Crippen LogP contribution in [0, 0.1) is 5.82 Å². The van der Waals surface area contributed by atoms with Gasteiger partial charge in [0.15, 0.2) is 0 Å². The highest BCUT2D eigenvalue weighted by Gasteiger charge is 2.11. The third-order valence-electron chi connectivity index (χ3n) is 2.85. The highest BCUT2D eigenvalue weighted by atomic mass is 19.1. The van der Waals surface area contributed by atoms with Crippen LogP contribution in [0.2, 0.25) is 0 Å². The highest BCUT2D eigenvalue weighted by molar-refractivity contribution is 5.27. The minimum atomic E-state index is -0.255. The van der Waals surface area contributed by atoms with Gasteiger partial charge in [-0.15, -0.1) is 5.10 Å². The van der Waals surface area contributed by atoms with Crippen LogP contribution >= 0.6 is 0 Å². The fourth-order valence-electron chi connectivity index (χ4n) is 1.82. The SMILES string of the molecule is COCCNCc1nnc(N(C)Cc2cccc(F)c2)o1. The Bertz CT molecular complexity index is 561. The molecule has 0 atom stereocenters. The summed E-state index contributed by atoms with van der Waals surface area (Å²) >= 11 is 0. The number of hydrogen-bond acceptors (Lipinski definition) is 6. The van der Waals surface area contributed by atoms with Gasteiger partial charge in [-0.25, -0.2) is 4.39 Å². The zero-order valence-corrected chi connectivity index (χ0v) is 12.2. The van der Waals surface area contributed by atoms with Gasteiger partial charge in [0.25, 0.3) is 0 Å². The van der Waals surface area contributed by atoms with Gasteiger partial charge in [0.2, 0.25) is 5.89 Å². The van der Waals surface area contributed by atoms with Crippen LogP contribution < -0.4 is 10.2 Å². The summed E-state index contributed by atoms with van der Waals surface area (Å²) < 4.78 is 23.6. The van der Waals surface area contributed by atoms with E-state index in [0.717, 1.165) is 5.56 Å². The third-order valence-corrected chi connectivity index (χ3v) is 2.85. The summed E-state index contributed by atoms with van der Waals surface area (Å²) in [6, 6.07) is 6.84. The molecule has 7 heteroatoms. The molecule has 0 radical (unpaired) electrons. The number of hydrogen-bond donors (Lipinski definition) is 1. The second-order valence-corrected chi connectivity index (χ2v) is 4.63. The molecule has 2 aromatic rings. The fourth-order valence-corrected chi connectivity index (χ4v) is 1.82. The second-order valence-electron chi connectivity index (χ2n) is 4.63. The van der Waals surface area contributed by atoms with Gasteiger partial charge in [-0.1, -0.05) is 17.2 Å². The standard InChI is InChI=1S/C14H19FN4O2/c1-19(10-11-4-3-5-12(15)8-11)14-18-17-13(21-14)9-16-6-7-20-2/h3-5,8,16H,6-7,9-10H2,1-2H3. The average molecular weight is 294 g/mol. The number of nitrogens with zero attached hydrogens (tertiary/aromatic N) is 3. The van der Waals surface area contributed by atoms with Crippen molar-refractivity contribution in [1.29, 1.82) is 0 Å². The van der Waals surface area contributed by atoms with Crippen LogP contribution in [0.4, 0.5) is 10.4 Å². The quantitative estimate of drug-likeness (QED) is 0.746. The topological polar surface area (TPSA) is 63.4 Å². The number of ether oxygens (including phenoxy) is 1. The Kier molecular flexibility index (Phi) is 5.65. The molecule has 0 aliphatic heterocycles. The molecule has 1 N–H and O–H groups in total. The average Bonchev–Trinajstić information content (AvgIpc) is 2.93. The van der Waals surface area contributed by atoms with Gasteiger partial charge in [0.1, 0.15) is 5.82 Å². The van der Waals surface area contributed by atoms with Crippen LogP contribution in [0.25, 0.3) is 0 Å². The lowest BCUT2D eigenvalue weighted by atomic mass is 10.2. The van der Waals surface area contributed by atoms with E-state index in [4.69, 9.17) is 9.15 Å². The number of halogens is 1. The molecule has 2 rings (SSSR count). The zero-order chi connectivity index (χ0) is 15.1. The van der Waals surface area contributed by atoms with E-state index in [-0.39, 0.29) is 5.82 Å². The fraction of sp³-hybridized carbons (Fsp3) is 0.429. The Hall–Kier alpha value is -1.99. The summed E-state index contributed by atoms with van der Waals surface area (Å²) in [5.41, 5.74) is 0.843. The third kappa shape index (κ3) is 4.80. The van der Waals surface area contributed by atoms with Crippen molar-refractivity contribution in [2.24, 2.45) is 0 Å². The van der Waals surface area contributed by atoms with Gasteiger partial charge >= 0.3 is 6.01 Å². The Balaban J connectivity index is 1.88. The molecule has 0 bridgehead atoms. The first-order chi connectivity index (χ1) is 10.2. The van der Waals surface area contributed by atoms with Gasteiger partial charge in [0.05, 0.1) is 13.2 Å². The highest BCUT2D eigenvalue weighted by Crippen LogP contribution is 2.14. The number of benzene rings is 1. The van der Waals surface area contributed by atoms with E-state index in [2.05, 4.69) is 15.5 Å². The largest absolute Gasteiger partial charge is 0.407 e. The summed E-state index contributed by atoms with van der Waals surface area (Å²) in [7, 11) is 3.47. The molecule has 0 aliphatic carbocycles. The first kappa shape index (κ1) is 15.4. The van der Waals surface area contributed by atoms with E-state index >= 15 is 0 Å². The van der Waals surface area contributed by atoms with Crippen LogP contribution in [0.15, 0.2) is 28.7 Å². The number of methoxy groups -OCH3 is 1. The van der Waals surface area contributed by atoms with E-state index in [9.17, 15) is 4.39 Å². The first-order valence-electron chi connectivity index (χ1n) is 6.66.